The quantitative estimate of drug-likeness (QED) is 0.804. The molecule has 0 bridgehead atoms. The van der Waals surface area contributed by atoms with Crippen LogP contribution in [0.2, 0.25) is 0 Å². The van der Waals surface area contributed by atoms with E-state index in [0.717, 1.165) is 31.6 Å². The molecule has 1 heterocycles. The average Bonchev–Trinajstić information content (AvgIpc) is 3.01. The van der Waals surface area contributed by atoms with Gasteiger partial charge in [0.05, 0.1) is 12.1 Å². The molecule has 2 rings (SSSR count). The van der Waals surface area contributed by atoms with Gasteiger partial charge in [0, 0.05) is 12.3 Å². The molecule has 0 radical (unpaired) electrons. The first-order valence-electron chi connectivity index (χ1n) is 7.89. The van der Waals surface area contributed by atoms with Crippen molar-refractivity contribution in [3.8, 4) is 0 Å². The highest BCUT2D eigenvalue weighted by Gasteiger charge is 2.22. The van der Waals surface area contributed by atoms with Crippen molar-refractivity contribution in [2.75, 3.05) is 11.9 Å². The fraction of sp³-hybridized carbons (Fsp3) is 0.588. The molecule has 1 aliphatic heterocycles. The van der Waals surface area contributed by atoms with E-state index in [1.807, 2.05) is 0 Å². The zero-order valence-corrected chi connectivity index (χ0v) is 14.0. The zero-order valence-electron chi connectivity index (χ0n) is 13.2. The van der Waals surface area contributed by atoms with Gasteiger partial charge in [-0.15, -0.1) is 0 Å². The van der Waals surface area contributed by atoms with E-state index in [-0.39, 0.29) is 12.1 Å². The van der Waals surface area contributed by atoms with Crippen molar-refractivity contribution < 1.29 is 4.74 Å². The first kappa shape index (κ1) is 16.2. The Labute approximate surface area is 133 Å². The second-order valence-electron chi connectivity index (χ2n) is 5.87. The smallest absolute Gasteiger partial charge is 0.171 e. The lowest BCUT2D eigenvalue weighted by molar-refractivity contribution is 0.0895. The Morgan fingerprint density at radius 3 is 2.62 bits per heavy atom. The molecule has 2 N–H and O–H groups in total. The minimum Gasteiger partial charge on any atom is -0.376 e. The minimum atomic E-state index is 0.242. The van der Waals surface area contributed by atoms with Gasteiger partial charge in [0.1, 0.15) is 0 Å². The van der Waals surface area contributed by atoms with Crippen LogP contribution in [0.1, 0.15) is 51.5 Å². The fourth-order valence-corrected chi connectivity index (χ4v) is 2.90. The molecule has 0 saturated carbocycles. The van der Waals surface area contributed by atoms with Crippen LogP contribution in [-0.2, 0) is 4.74 Å². The van der Waals surface area contributed by atoms with Gasteiger partial charge in [0.2, 0.25) is 0 Å². The van der Waals surface area contributed by atoms with Crippen LogP contribution in [-0.4, -0.2) is 23.9 Å². The van der Waals surface area contributed by atoms with Gasteiger partial charge in [-0.2, -0.15) is 0 Å². The van der Waals surface area contributed by atoms with Crippen LogP contribution >= 0.6 is 12.2 Å². The molecule has 0 aromatic heterocycles. The molecule has 0 aliphatic carbocycles. The highest BCUT2D eigenvalue weighted by Crippen LogP contribution is 2.20. The Morgan fingerprint density at radius 2 is 2.05 bits per heavy atom. The van der Waals surface area contributed by atoms with Gasteiger partial charge < -0.3 is 15.4 Å². The Balaban J connectivity index is 1.84. The van der Waals surface area contributed by atoms with E-state index in [1.165, 1.54) is 5.56 Å². The Kier molecular flexibility index (Phi) is 6.00. The van der Waals surface area contributed by atoms with Crippen molar-refractivity contribution in [1.29, 1.82) is 0 Å². The van der Waals surface area contributed by atoms with Crippen molar-refractivity contribution in [3.05, 3.63) is 29.8 Å². The highest BCUT2D eigenvalue weighted by atomic mass is 32.1. The molecule has 0 unspecified atom stereocenters. The average molecular weight is 306 g/mol. The van der Waals surface area contributed by atoms with Gasteiger partial charge in [-0.25, -0.2) is 0 Å². The maximum Gasteiger partial charge on any atom is 0.171 e. The molecule has 21 heavy (non-hydrogen) atoms. The van der Waals surface area contributed by atoms with Gasteiger partial charge in [-0.3, -0.25) is 0 Å². The molecule has 3 nitrogen and oxygen atoms in total. The number of ether oxygens (including phenoxy) is 1. The molecular formula is C17H26N2OS. The number of benzene rings is 1. The lowest BCUT2D eigenvalue weighted by Crippen LogP contribution is -2.42. The normalized spacial score (nSPS) is 20.8. The lowest BCUT2D eigenvalue weighted by atomic mass is 9.99. The van der Waals surface area contributed by atoms with Gasteiger partial charge >= 0.3 is 0 Å². The van der Waals surface area contributed by atoms with E-state index in [9.17, 15) is 0 Å². The number of anilines is 1. The fourth-order valence-electron chi connectivity index (χ4n) is 2.59. The number of hydrogen-bond acceptors (Lipinski definition) is 2. The number of thiocarbonyl (C=S) groups is 1. The van der Waals surface area contributed by atoms with E-state index in [1.54, 1.807) is 0 Å². The molecule has 1 fully saturated rings. The van der Waals surface area contributed by atoms with Gasteiger partial charge in [0.15, 0.2) is 5.11 Å². The van der Waals surface area contributed by atoms with Crippen LogP contribution in [0.4, 0.5) is 5.69 Å². The summed E-state index contributed by atoms with van der Waals surface area (Å²) in [4.78, 5) is 0. The predicted octanol–water partition coefficient (Wildman–Crippen LogP) is 4.05. The van der Waals surface area contributed by atoms with Crippen LogP contribution < -0.4 is 10.6 Å². The maximum absolute atomic E-state index is 5.67. The SMILES string of the molecule is CC[C@H](C)c1ccc(NC(=S)N[C@@H](C)[C@H]2CCCO2)cc1. The van der Waals surface area contributed by atoms with Crippen molar-refractivity contribution >= 4 is 23.0 Å². The van der Waals surface area contributed by atoms with Crippen molar-refractivity contribution in [1.82, 2.24) is 5.32 Å². The third kappa shape index (κ3) is 4.68. The van der Waals surface area contributed by atoms with Crippen LogP contribution in [0.5, 0.6) is 0 Å². The highest BCUT2D eigenvalue weighted by molar-refractivity contribution is 7.80. The zero-order chi connectivity index (χ0) is 15.2. The van der Waals surface area contributed by atoms with E-state index < -0.39 is 0 Å². The van der Waals surface area contributed by atoms with E-state index in [4.69, 9.17) is 17.0 Å². The summed E-state index contributed by atoms with van der Waals surface area (Å²) >= 11 is 5.38. The second kappa shape index (κ2) is 7.76. The molecule has 3 atom stereocenters. The number of nitrogens with one attached hydrogen (secondary N) is 2. The molecule has 1 aliphatic rings. The molecule has 1 aromatic carbocycles. The summed E-state index contributed by atoms with van der Waals surface area (Å²) in [5.41, 5.74) is 2.40. The molecule has 0 amide bonds. The van der Waals surface area contributed by atoms with E-state index >= 15 is 0 Å². The van der Waals surface area contributed by atoms with Gasteiger partial charge in [-0.05, 0) is 62.0 Å². The first-order valence-corrected chi connectivity index (χ1v) is 8.30. The van der Waals surface area contributed by atoms with Crippen LogP contribution in [0, 0.1) is 0 Å². The standard InChI is InChI=1S/C17H26N2OS/c1-4-12(2)14-7-9-15(10-8-14)19-17(21)18-13(3)16-6-5-11-20-16/h7-10,12-13,16H,4-6,11H2,1-3H3,(H2,18,19,21)/t12-,13-,16+/m0/s1. The third-order valence-electron chi connectivity index (χ3n) is 4.23. The molecule has 4 heteroatoms. The Morgan fingerprint density at radius 1 is 1.33 bits per heavy atom. The Hall–Kier alpha value is -1.13. The van der Waals surface area contributed by atoms with Crippen molar-refractivity contribution in [2.24, 2.45) is 0 Å². The third-order valence-corrected chi connectivity index (χ3v) is 4.45. The maximum atomic E-state index is 5.67. The summed E-state index contributed by atoms with van der Waals surface area (Å²) in [5, 5.41) is 7.22. The lowest BCUT2D eigenvalue weighted by Gasteiger charge is -2.22. The van der Waals surface area contributed by atoms with E-state index in [2.05, 4.69) is 55.7 Å². The van der Waals surface area contributed by atoms with E-state index in [0.29, 0.717) is 11.0 Å². The van der Waals surface area contributed by atoms with Gasteiger partial charge in [0.25, 0.3) is 0 Å². The topological polar surface area (TPSA) is 33.3 Å². The van der Waals surface area contributed by atoms with Crippen LogP contribution in [0.3, 0.4) is 0 Å². The molecular weight excluding hydrogens is 280 g/mol. The first-order chi connectivity index (χ1) is 10.1. The Bertz CT molecular complexity index is 454. The van der Waals surface area contributed by atoms with Crippen LogP contribution in [0.15, 0.2) is 24.3 Å². The summed E-state index contributed by atoms with van der Waals surface area (Å²) < 4.78 is 5.67. The minimum absolute atomic E-state index is 0.242. The molecule has 0 spiro atoms. The predicted molar refractivity (Wildman–Crippen MR) is 92.9 cm³/mol. The van der Waals surface area contributed by atoms with Crippen molar-refractivity contribution in [3.63, 3.8) is 0 Å². The summed E-state index contributed by atoms with van der Waals surface area (Å²) in [5.74, 6) is 0.601. The molecule has 1 aromatic rings. The summed E-state index contributed by atoms with van der Waals surface area (Å²) in [6.45, 7) is 7.45. The second-order valence-corrected chi connectivity index (χ2v) is 6.28. The molecule has 1 saturated heterocycles. The summed E-state index contributed by atoms with van der Waals surface area (Å²) in [7, 11) is 0. The van der Waals surface area contributed by atoms with Crippen molar-refractivity contribution in [2.45, 2.75) is 58.1 Å². The molecule has 116 valence electrons. The summed E-state index contributed by atoms with van der Waals surface area (Å²) in [6.07, 6.45) is 3.69. The van der Waals surface area contributed by atoms with Crippen LogP contribution in [0.25, 0.3) is 0 Å². The number of rotatable bonds is 5. The number of hydrogen-bond donors (Lipinski definition) is 2. The summed E-state index contributed by atoms with van der Waals surface area (Å²) in [6, 6.07) is 8.76. The largest absolute Gasteiger partial charge is 0.376 e. The monoisotopic (exact) mass is 306 g/mol. The van der Waals surface area contributed by atoms with Gasteiger partial charge in [-0.1, -0.05) is 26.0 Å².